The third-order valence-electron chi connectivity index (χ3n) is 9.81. The van der Waals surface area contributed by atoms with E-state index in [0.29, 0.717) is 0 Å². The SMILES string of the molecule is c1ccc(-c2ccc(-c3cc(-c4ccc5c6ccccc6n(-c6ccccc6)c5c4)nc(-c4cccc5c4oc4ccccc45)c3)cc2)cc1. The van der Waals surface area contributed by atoms with Gasteiger partial charge in [0, 0.05) is 38.4 Å². The molecule has 0 atom stereocenters. The Morgan fingerprint density at radius 2 is 0.980 bits per heavy atom. The number of pyridine rings is 1. The van der Waals surface area contributed by atoms with Gasteiger partial charge in [0.1, 0.15) is 11.2 Å². The third kappa shape index (κ3) is 4.63. The fourth-order valence-electron chi connectivity index (χ4n) is 7.40. The van der Waals surface area contributed by atoms with Crippen molar-refractivity contribution in [3.63, 3.8) is 0 Å². The van der Waals surface area contributed by atoms with Crippen LogP contribution in [0.15, 0.2) is 186 Å². The first-order chi connectivity index (χ1) is 24.8. The largest absolute Gasteiger partial charge is 0.455 e. The summed E-state index contributed by atoms with van der Waals surface area (Å²) in [5.41, 5.74) is 13.6. The Balaban J connectivity index is 1.20. The second-order valence-corrected chi connectivity index (χ2v) is 12.8. The molecular weight excluding hydrogens is 609 g/mol. The number of hydrogen-bond acceptors (Lipinski definition) is 2. The molecule has 0 radical (unpaired) electrons. The van der Waals surface area contributed by atoms with Crippen LogP contribution in [0.1, 0.15) is 0 Å². The Bertz CT molecular complexity index is 2850. The van der Waals surface area contributed by atoms with E-state index in [-0.39, 0.29) is 0 Å². The van der Waals surface area contributed by atoms with Crippen LogP contribution in [0.2, 0.25) is 0 Å². The molecule has 0 saturated carbocycles. The number of fused-ring (bicyclic) bond motifs is 6. The predicted molar refractivity (Wildman–Crippen MR) is 208 cm³/mol. The molecule has 10 rings (SSSR count). The number of aromatic nitrogens is 2. The maximum Gasteiger partial charge on any atom is 0.144 e. The summed E-state index contributed by atoms with van der Waals surface area (Å²) in [5, 5.41) is 4.65. The summed E-state index contributed by atoms with van der Waals surface area (Å²) < 4.78 is 8.86. The summed E-state index contributed by atoms with van der Waals surface area (Å²) in [5.74, 6) is 0. The van der Waals surface area contributed by atoms with E-state index < -0.39 is 0 Å². The van der Waals surface area contributed by atoms with Crippen molar-refractivity contribution in [2.24, 2.45) is 0 Å². The second kappa shape index (κ2) is 11.5. The second-order valence-electron chi connectivity index (χ2n) is 12.8. The summed E-state index contributed by atoms with van der Waals surface area (Å²) >= 11 is 0. The molecule has 3 nitrogen and oxygen atoms in total. The summed E-state index contributed by atoms with van der Waals surface area (Å²) in [6.07, 6.45) is 0. The van der Waals surface area contributed by atoms with Gasteiger partial charge >= 0.3 is 0 Å². The van der Waals surface area contributed by atoms with Gasteiger partial charge in [-0.25, -0.2) is 4.98 Å². The van der Waals surface area contributed by atoms with Gasteiger partial charge in [-0.3, -0.25) is 0 Å². The van der Waals surface area contributed by atoms with Crippen molar-refractivity contribution in [3.8, 4) is 50.5 Å². The number of hydrogen-bond donors (Lipinski definition) is 0. The Labute approximate surface area is 289 Å². The van der Waals surface area contributed by atoms with Crippen molar-refractivity contribution < 1.29 is 4.42 Å². The first-order valence-corrected chi connectivity index (χ1v) is 17.0. The zero-order valence-electron chi connectivity index (χ0n) is 27.1. The molecule has 0 bridgehead atoms. The lowest BCUT2D eigenvalue weighted by atomic mass is 9.97. The van der Waals surface area contributed by atoms with Crippen molar-refractivity contribution in [1.82, 2.24) is 9.55 Å². The van der Waals surface area contributed by atoms with E-state index in [1.165, 1.54) is 27.4 Å². The van der Waals surface area contributed by atoms with Gasteiger partial charge in [-0.05, 0) is 70.8 Å². The lowest BCUT2D eigenvalue weighted by Gasteiger charge is -2.12. The van der Waals surface area contributed by atoms with E-state index >= 15 is 0 Å². The first-order valence-electron chi connectivity index (χ1n) is 17.0. The first kappa shape index (κ1) is 28.3. The van der Waals surface area contributed by atoms with Gasteiger partial charge in [-0.15, -0.1) is 0 Å². The van der Waals surface area contributed by atoms with Gasteiger partial charge in [0.2, 0.25) is 0 Å². The average Bonchev–Trinajstić information content (AvgIpc) is 3.74. The molecule has 3 heterocycles. The fourth-order valence-corrected chi connectivity index (χ4v) is 7.40. The highest BCUT2D eigenvalue weighted by molar-refractivity contribution is 6.11. The molecule has 0 saturated heterocycles. The van der Waals surface area contributed by atoms with Crippen LogP contribution in [0.25, 0.3) is 94.2 Å². The van der Waals surface area contributed by atoms with Crippen LogP contribution < -0.4 is 0 Å². The van der Waals surface area contributed by atoms with Crippen LogP contribution in [0.5, 0.6) is 0 Å². The van der Waals surface area contributed by atoms with Gasteiger partial charge in [-0.2, -0.15) is 0 Å². The topological polar surface area (TPSA) is 31.0 Å². The van der Waals surface area contributed by atoms with Crippen molar-refractivity contribution >= 4 is 43.7 Å². The predicted octanol–water partition coefficient (Wildman–Crippen LogP) is 12.7. The molecule has 234 valence electrons. The average molecular weight is 639 g/mol. The molecule has 0 unspecified atom stereocenters. The van der Waals surface area contributed by atoms with E-state index in [4.69, 9.17) is 9.40 Å². The summed E-state index contributed by atoms with van der Waals surface area (Å²) in [6, 6.07) is 64.3. The quantitative estimate of drug-likeness (QED) is 0.188. The molecule has 0 aliphatic rings. The molecule has 0 aliphatic heterocycles. The molecule has 0 N–H and O–H groups in total. The molecule has 3 aromatic heterocycles. The number of benzene rings is 7. The van der Waals surface area contributed by atoms with Gasteiger partial charge in [0.25, 0.3) is 0 Å². The van der Waals surface area contributed by atoms with E-state index in [0.717, 1.165) is 66.8 Å². The summed E-state index contributed by atoms with van der Waals surface area (Å²) in [7, 11) is 0. The number of rotatable bonds is 5. The fraction of sp³-hybridized carbons (Fsp3) is 0. The monoisotopic (exact) mass is 638 g/mol. The van der Waals surface area contributed by atoms with Crippen LogP contribution in [0, 0.1) is 0 Å². The molecule has 0 spiro atoms. The van der Waals surface area contributed by atoms with E-state index in [1.807, 2.05) is 12.1 Å². The number of nitrogens with zero attached hydrogens (tertiary/aromatic N) is 2. The standard InChI is InChI=1S/C47H30N2O/c1-3-12-31(13-4-1)32-22-24-33(25-23-32)35-28-42(48-43(29-35)41-19-11-18-40-39-17-8-10-21-46(39)50-47(40)41)34-26-27-38-37-16-7-9-20-44(37)49(45(38)30-34)36-14-5-2-6-15-36/h1-30H. The Morgan fingerprint density at radius 3 is 1.80 bits per heavy atom. The molecule has 0 aliphatic carbocycles. The van der Waals surface area contributed by atoms with Crippen molar-refractivity contribution in [3.05, 3.63) is 182 Å². The highest BCUT2D eigenvalue weighted by Crippen LogP contribution is 2.39. The molecule has 10 aromatic rings. The zero-order valence-corrected chi connectivity index (χ0v) is 27.1. The Hall–Kier alpha value is -6.71. The lowest BCUT2D eigenvalue weighted by molar-refractivity contribution is 0.670. The maximum atomic E-state index is 6.51. The normalized spacial score (nSPS) is 11.6. The number of furan rings is 1. The van der Waals surface area contributed by atoms with Gasteiger partial charge in [0.05, 0.1) is 22.4 Å². The van der Waals surface area contributed by atoms with Gasteiger partial charge in [-0.1, -0.05) is 133 Å². The lowest BCUT2D eigenvalue weighted by Crippen LogP contribution is -1.94. The van der Waals surface area contributed by atoms with Crippen LogP contribution in [0.3, 0.4) is 0 Å². The molecule has 50 heavy (non-hydrogen) atoms. The minimum atomic E-state index is 0.850. The maximum absolute atomic E-state index is 6.51. The van der Waals surface area contributed by atoms with Crippen LogP contribution in [0.4, 0.5) is 0 Å². The highest BCUT2D eigenvalue weighted by atomic mass is 16.3. The molecule has 0 amide bonds. The van der Waals surface area contributed by atoms with Gasteiger partial charge < -0.3 is 8.98 Å². The van der Waals surface area contributed by atoms with Crippen LogP contribution in [-0.2, 0) is 0 Å². The van der Waals surface area contributed by atoms with E-state index in [2.05, 4.69) is 174 Å². The summed E-state index contributed by atoms with van der Waals surface area (Å²) in [4.78, 5) is 5.38. The van der Waals surface area contributed by atoms with E-state index in [1.54, 1.807) is 0 Å². The van der Waals surface area contributed by atoms with Crippen molar-refractivity contribution in [1.29, 1.82) is 0 Å². The zero-order chi connectivity index (χ0) is 33.0. The van der Waals surface area contributed by atoms with Crippen LogP contribution in [-0.4, -0.2) is 9.55 Å². The smallest absolute Gasteiger partial charge is 0.144 e. The van der Waals surface area contributed by atoms with Crippen LogP contribution >= 0.6 is 0 Å². The van der Waals surface area contributed by atoms with Crippen molar-refractivity contribution in [2.75, 3.05) is 0 Å². The molecule has 0 fully saturated rings. The minimum absolute atomic E-state index is 0.850. The molecule has 7 aromatic carbocycles. The summed E-state index contributed by atoms with van der Waals surface area (Å²) in [6.45, 7) is 0. The minimum Gasteiger partial charge on any atom is -0.455 e. The van der Waals surface area contributed by atoms with Crippen molar-refractivity contribution in [2.45, 2.75) is 0 Å². The number of para-hydroxylation sites is 4. The highest BCUT2D eigenvalue weighted by Gasteiger charge is 2.17. The third-order valence-corrected chi connectivity index (χ3v) is 9.81. The van der Waals surface area contributed by atoms with Gasteiger partial charge in [0.15, 0.2) is 0 Å². The van der Waals surface area contributed by atoms with E-state index in [9.17, 15) is 0 Å². The Kier molecular flexibility index (Phi) is 6.49. The molecular formula is C47H30N2O. The Morgan fingerprint density at radius 1 is 0.380 bits per heavy atom. The molecule has 3 heteroatoms.